The molecule has 0 spiro atoms. The van der Waals surface area contributed by atoms with E-state index in [2.05, 4.69) is 14.9 Å². The predicted molar refractivity (Wildman–Crippen MR) is 97.2 cm³/mol. The molecule has 4 heterocycles. The van der Waals surface area contributed by atoms with E-state index in [1.54, 1.807) is 0 Å². The van der Waals surface area contributed by atoms with Gasteiger partial charge in [0.15, 0.2) is 0 Å². The van der Waals surface area contributed by atoms with Crippen LogP contribution in [-0.4, -0.2) is 58.0 Å². The summed E-state index contributed by atoms with van der Waals surface area (Å²) in [6, 6.07) is 1.16. The highest BCUT2D eigenvalue weighted by atomic mass is 19.4. The van der Waals surface area contributed by atoms with Crippen molar-refractivity contribution in [3.8, 4) is 11.3 Å². The third-order valence-corrected chi connectivity index (χ3v) is 6.49. The molecule has 31 heavy (non-hydrogen) atoms. The Morgan fingerprint density at radius 2 is 1.77 bits per heavy atom. The van der Waals surface area contributed by atoms with E-state index < -0.39 is 24.3 Å². The van der Waals surface area contributed by atoms with Gasteiger partial charge in [-0.05, 0) is 24.8 Å². The molecule has 3 fully saturated rings. The molecular formula is C20H20F6N4O. The van der Waals surface area contributed by atoms with Crippen LogP contribution in [0.4, 0.5) is 26.3 Å². The van der Waals surface area contributed by atoms with Crippen molar-refractivity contribution >= 4 is 0 Å². The Labute approximate surface area is 174 Å². The zero-order chi connectivity index (χ0) is 22.1. The fraction of sp³-hybridized carbons (Fsp3) is 0.600. The second kappa shape index (κ2) is 6.93. The summed E-state index contributed by atoms with van der Waals surface area (Å²) in [6.45, 7) is 4.17. The molecule has 2 saturated heterocycles. The third kappa shape index (κ3) is 3.82. The van der Waals surface area contributed by atoms with Crippen molar-refractivity contribution < 1.29 is 31.1 Å². The maximum Gasteiger partial charge on any atom is 0.418 e. The number of ether oxygens (including phenoxy) is 1. The minimum atomic E-state index is -4.60. The van der Waals surface area contributed by atoms with Crippen molar-refractivity contribution in [3.05, 3.63) is 35.5 Å². The Balaban J connectivity index is 1.45. The summed E-state index contributed by atoms with van der Waals surface area (Å²) in [5, 5.41) is 0. The largest absolute Gasteiger partial charge is 0.418 e. The molecule has 5 nitrogen and oxygen atoms in total. The van der Waals surface area contributed by atoms with E-state index in [4.69, 9.17) is 4.74 Å². The van der Waals surface area contributed by atoms with E-state index in [1.807, 2.05) is 0 Å². The van der Waals surface area contributed by atoms with Crippen molar-refractivity contribution in [1.29, 1.82) is 0 Å². The van der Waals surface area contributed by atoms with Gasteiger partial charge in [-0.1, -0.05) is 0 Å². The number of aromatic nitrogens is 3. The molecule has 0 unspecified atom stereocenters. The van der Waals surface area contributed by atoms with Gasteiger partial charge in [0.25, 0.3) is 0 Å². The molecule has 2 aromatic heterocycles. The monoisotopic (exact) mass is 446 g/mol. The number of alkyl halides is 6. The lowest BCUT2D eigenvalue weighted by molar-refractivity contribution is -0.138. The zero-order valence-electron chi connectivity index (χ0n) is 16.5. The first-order valence-corrected chi connectivity index (χ1v) is 10.0. The number of likely N-dealkylation sites (tertiary alicyclic amines) is 1. The van der Waals surface area contributed by atoms with Crippen LogP contribution in [0.15, 0.2) is 18.5 Å². The van der Waals surface area contributed by atoms with Crippen LogP contribution in [0.2, 0.25) is 0 Å². The quantitative estimate of drug-likeness (QED) is 0.669. The first-order valence-electron chi connectivity index (χ1n) is 10.0. The molecular weight excluding hydrogens is 426 g/mol. The Morgan fingerprint density at radius 3 is 2.32 bits per heavy atom. The summed E-state index contributed by atoms with van der Waals surface area (Å²) in [6.07, 6.45) is -7.63. The molecule has 2 aliphatic heterocycles. The molecule has 1 aliphatic carbocycles. The van der Waals surface area contributed by atoms with Gasteiger partial charge in [-0.25, -0.2) is 4.98 Å². The highest BCUT2D eigenvalue weighted by Crippen LogP contribution is 2.56. The highest BCUT2D eigenvalue weighted by Gasteiger charge is 2.58. The van der Waals surface area contributed by atoms with Gasteiger partial charge in [-0.2, -0.15) is 26.3 Å². The Kier molecular flexibility index (Phi) is 4.64. The highest BCUT2D eigenvalue weighted by molar-refractivity contribution is 5.59. The summed E-state index contributed by atoms with van der Waals surface area (Å²) in [7, 11) is 0. The number of halogens is 6. The molecule has 1 saturated carbocycles. The lowest BCUT2D eigenvalue weighted by atomic mass is 10.1. The number of nitrogens with zero attached hydrogens (tertiary/aromatic N) is 4. The molecule has 5 rings (SSSR count). The SMILES string of the molecule is Cc1ncc(-c2cn([C@H]3[C@@H]4CN(C5COC5)C[C@@H]43)c(CC(F)(F)F)n2)cc1C(F)(F)F. The number of pyridine rings is 1. The van der Waals surface area contributed by atoms with Crippen LogP contribution in [0, 0.1) is 18.8 Å². The molecule has 0 aromatic carbocycles. The first-order chi connectivity index (χ1) is 14.5. The van der Waals surface area contributed by atoms with Gasteiger partial charge < -0.3 is 9.30 Å². The molecule has 3 aliphatic rings. The van der Waals surface area contributed by atoms with Crippen molar-refractivity contribution in [2.45, 2.75) is 37.8 Å². The van der Waals surface area contributed by atoms with Crippen molar-refractivity contribution in [2.24, 2.45) is 11.8 Å². The molecule has 168 valence electrons. The molecule has 0 amide bonds. The molecule has 0 radical (unpaired) electrons. The Hall–Kier alpha value is -2.14. The van der Waals surface area contributed by atoms with Crippen LogP contribution in [0.3, 0.4) is 0 Å². The van der Waals surface area contributed by atoms with Crippen molar-refractivity contribution in [1.82, 2.24) is 19.4 Å². The topological polar surface area (TPSA) is 43.2 Å². The summed E-state index contributed by atoms with van der Waals surface area (Å²) in [4.78, 5) is 10.2. The number of hydrogen-bond acceptors (Lipinski definition) is 4. The van der Waals surface area contributed by atoms with Crippen LogP contribution in [-0.2, 0) is 17.3 Å². The third-order valence-electron chi connectivity index (χ3n) is 6.49. The average molecular weight is 446 g/mol. The van der Waals surface area contributed by atoms with Gasteiger partial charge in [0, 0.05) is 42.8 Å². The van der Waals surface area contributed by atoms with Crippen LogP contribution in [0.5, 0.6) is 0 Å². The lowest BCUT2D eigenvalue weighted by Gasteiger charge is -2.36. The van der Waals surface area contributed by atoms with E-state index >= 15 is 0 Å². The second-order valence-electron chi connectivity index (χ2n) is 8.56. The molecule has 11 heteroatoms. The Morgan fingerprint density at radius 1 is 1.10 bits per heavy atom. The van der Waals surface area contributed by atoms with Crippen LogP contribution in [0.25, 0.3) is 11.3 Å². The predicted octanol–water partition coefficient (Wildman–Crippen LogP) is 3.88. The van der Waals surface area contributed by atoms with Gasteiger partial charge in [-0.15, -0.1) is 0 Å². The minimum absolute atomic E-state index is 0.0548. The van der Waals surface area contributed by atoms with Crippen LogP contribution >= 0.6 is 0 Å². The molecule has 3 atom stereocenters. The number of rotatable bonds is 4. The van der Waals surface area contributed by atoms with Crippen LogP contribution < -0.4 is 0 Å². The van der Waals surface area contributed by atoms with E-state index in [0.717, 1.165) is 19.2 Å². The maximum atomic E-state index is 13.3. The van der Waals surface area contributed by atoms with Gasteiger partial charge >= 0.3 is 12.4 Å². The van der Waals surface area contributed by atoms with Gasteiger partial charge in [0.1, 0.15) is 12.2 Å². The van der Waals surface area contributed by atoms with E-state index in [9.17, 15) is 26.3 Å². The fourth-order valence-electron chi connectivity index (χ4n) is 4.77. The summed E-state index contributed by atoms with van der Waals surface area (Å²) < 4.78 is 86.0. The molecule has 0 N–H and O–H groups in total. The minimum Gasteiger partial charge on any atom is -0.378 e. The van der Waals surface area contributed by atoms with E-state index in [0.29, 0.717) is 19.3 Å². The number of aryl methyl sites for hydroxylation is 1. The van der Waals surface area contributed by atoms with Crippen LogP contribution in [0.1, 0.15) is 23.1 Å². The standard InChI is InChI=1S/C20H20F6N4O/c1-10-15(20(24,25)26)2-11(4-27-10)16-7-30(17(28-16)3-19(21,22)23)18-13-5-29(6-14(13)18)12-8-31-9-12/h2,4,7,12-14,18H,3,5-6,8-9H2,1H3/t13-,14+,18+. The van der Waals surface area contributed by atoms with E-state index in [1.165, 1.54) is 23.9 Å². The van der Waals surface area contributed by atoms with E-state index in [-0.39, 0.29) is 40.7 Å². The fourth-order valence-corrected chi connectivity index (χ4v) is 4.77. The lowest BCUT2D eigenvalue weighted by Crippen LogP contribution is -2.49. The second-order valence-corrected chi connectivity index (χ2v) is 8.56. The van der Waals surface area contributed by atoms with Crippen molar-refractivity contribution in [3.63, 3.8) is 0 Å². The van der Waals surface area contributed by atoms with Gasteiger partial charge in [0.2, 0.25) is 0 Å². The number of hydrogen-bond donors (Lipinski definition) is 0. The Bertz CT molecular complexity index is 985. The zero-order valence-corrected chi connectivity index (χ0v) is 16.5. The average Bonchev–Trinajstić information content (AvgIpc) is 2.94. The molecule has 2 aromatic rings. The molecule has 0 bridgehead atoms. The number of fused-ring (bicyclic) bond motifs is 1. The number of piperidine rings is 1. The smallest absolute Gasteiger partial charge is 0.378 e. The van der Waals surface area contributed by atoms with Crippen molar-refractivity contribution in [2.75, 3.05) is 26.3 Å². The van der Waals surface area contributed by atoms with Gasteiger partial charge in [-0.3, -0.25) is 9.88 Å². The summed E-state index contributed by atoms with van der Waals surface area (Å²) in [5.74, 6) is 0.266. The first kappa shape index (κ1) is 20.7. The number of imidazole rings is 1. The summed E-state index contributed by atoms with van der Waals surface area (Å²) in [5.41, 5.74) is -0.979. The van der Waals surface area contributed by atoms with Gasteiger partial charge in [0.05, 0.1) is 30.5 Å². The maximum absolute atomic E-state index is 13.3. The summed E-state index contributed by atoms with van der Waals surface area (Å²) >= 11 is 0. The normalized spacial score (nSPS) is 26.7.